The smallest absolute Gasteiger partial charge is 0.308 e. The molecule has 10 aromatic rings. The molecule has 0 N–H and O–H groups in total. The highest BCUT2D eigenvalue weighted by atomic mass is 19.4. The van der Waals surface area contributed by atoms with Crippen LogP contribution in [0.5, 0.6) is 0 Å². The molecule has 8 aromatic carbocycles. The lowest BCUT2D eigenvalue weighted by atomic mass is 9.94. The topological polar surface area (TPSA) is 129 Å². The number of fused-ring (bicyclic) bond motifs is 6. The molecule has 0 radical (unpaired) electrons. The molecule has 0 saturated heterocycles. The minimum atomic E-state index is -5.26. The van der Waals surface area contributed by atoms with Gasteiger partial charge < -0.3 is 9.13 Å². The van der Waals surface area contributed by atoms with E-state index in [9.17, 15) is 39.5 Å². The average Bonchev–Trinajstić information content (AvgIpc) is 3.86. The lowest BCUT2D eigenvalue weighted by Crippen LogP contribution is -2.12. The van der Waals surface area contributed by atoms with E-state index in [-0.39, 0.29) is 50.8 Å². The van der Waals surface area contributed by atoms with Gasteiger partial charge in [0.1, 0.15) is 11.6 Å². The summed E-state index contributed by atoms with van der Waals surface area (Å²) in [6.07, 6.45) is -10.4. The molecular weight excluding hydrogens is 873 g/mol. The fraction of sp³-hybridized carbons (Fsp3) is 0.0364. The summed E-state index contributed by atoms with van der Waals surface area (Å²) < 4.78 is 91.2. The van der Waals surface area contributed by atoms with Crippen LogP contribution in [0.4, 0.5) is 26.3 Å². The average molecular weight is 898 g/mol. The Kier molecular flexibility index (Phi) is 9.85. The van der Waals surface area contributed by atoms with Crippen molar-refractivity contribution in [3.63, 3.8) is 0 Å². The summed E-state index contributed by atoms with van der Waals surface area (Å²) >= 11 is 0. The Hall–Kier alpha value is -9.61. The van der Waals surface area contributed by atoms with Crippen LogP contribution in [0, 0.1) is 56.7 Å². The maximum Gasteiger partial charge on any atom is 0.417 e. The molecule has 2 heterocycles. The van der Waals surface area contributed by atoms with Crippen molar-refractivity contribution in [1.29, 1.82) is 26.3 Å². The maximum absolute atomic E-state index is 15.1. The molecule has 68 heavy (non-hydrogen) atoms. The molecular formula is C55H25F6N7. The van der Waals surface area contributed by atoms with E-state index >= 15 is 13.2 Å². The molecule has 0 atom stereocenters. The Bertz CT molecular complexity index is 3810. The summed E-state index contributed by atoms with van der Waals surface area (Å²) in [6.45, 7) is 0. The van der Waals surface area contributed by atoms with Crippen LogP contribution in [0.2, 0.25) is 0 Å². The van der Waals surface area contributed by atoms with Gasteiger partial charge in [-0.2, -0.15) is 52.7 Å². The second-order valence-electron chi connectivity index (χ2n) is 15.9. The molecule has 7 nitrogen and oxygen atoms in total. The zero-order chi connectivity index (χ0) is 47.6. The van der Waals surface area contributed by atoms with Crippen molar-refractivity contribution in [2.45, 2.75) is 12.4 Å². The van der Waals surface area contributed by atoms with Gasteiger partial charge >= 0.3 is 12.4 Å². The Morgan fingerprint density at radius 3 is 1.25 bits per heavy atom. The summed E-state index contributed by atoms with van der Waals surface area (Å²) in [5, 5.41) is 53.6. The van der Waals surface area contributed by atoms with Gasteiger partial charge in [-0.3, -0.25) is 0 Å². The Balaban J connectivity index is 1.36. The van der Waals surface area contributed by atoms with Gasteiger partial charge in [0.05, 0.1) is 91.1 Å². The minimum Gasteiger partial charge on any atom is -0.308 e. The molecule has 0 spiro atoms. The highest BCUT2D eigenvalue weighted by Gasteiger charge is 2.39. The van der Waals surface area contributed by atoms with Gasteiger partial charge in [-0.05, 0) is 106 Å². The number of alkyl halides is 6. The lowest BCUT2D eigenvalue weighted by Gasteiger charge is -2.21. The molecule has 0 bridgehead atoms. The third-order valence-corrected chi connectivity index (χ3v) is 12.2. The molecule has 10 rings (SSSR count). The predicted molar refractivity (Wildman–Crippen MR) is 245 cm³/mol. The first kappa shape index (κ1) is 42.3. The summed E-state index contributed by atoms with van der Waals surface area (Å²) in [5.74, 6) is 0. The minimum absolute atomic E-state index is 0.0116. The number of halogens is 6. The first-order chi connectivity index (χ1) is 32.8. The van der Waals surface area contributed by atoms with Crippen molar-refractivity contribution in [1.82, 2.24) is 9.13 Å². The highest BCUT2D eigenvalue weighted by molar-refractivity contribution is 6.12. The van der Waals surface area contributed by atoms with Gasteiger partial charge in [0.25, 0.3) is 0 Å². The van der Waals surface area contributed by atoms with Crippen LogP contribution in [0.15, 0.2) is 152 Å². The number of nitriles is 5. The summed E-state index contributed by atoms with van der Waals surface area (Å²) in [4.78, 5) is 0. The second-order valence-corrected chi connectivity index (χ2v) is 15.9. The van der Waals surface area contributed by atoms with E-state index in [1.165, 1.54) is 24.3 Å². The second kappa shape index (κ2) is 15.8. The fourth-order valence-corrected chi connectivity index (χ4v) is 9.15. The molecule has 0 amide bonds. The first-order valence-corrected chi connectivity index (χ1v) is 20.6. The molecule has 0 unspecified atom stereocenters. The summed E-state index contributed by atoms with van der Waals surface area (Å²) in [7, 11) is 0. The zero-order valence-corrected chi connectivity index (χ0v) is 34.8. The van der Waals surface area contributed by atoms with Crippen LogP contribution in [0.25, 0.3) is 88.4 Å². The van der Waals surface area contributed by atoms with Gasteiger partial charge in [0.2, 0.25) is 0 Å². The normalized spacial score (nSPS) is 11.6. The van der Waals surface area contributed by atoms with E-state index in [0.29, 0.717) is 71.9 Å². The Labute approximate surface area is 382 Å². The van der Waals surface area contributed by atoms with E-state index in [2.05, 4.69) is 18.2 Å². The van der Waals surface area contributed by atoms with Crippen LogP contribution < -0.4 is 0 Å². The van der Waals surface area contributed by atoms with Crippen LogP contribution >= 0.6 is 0 Å². The van der Waals surface area contributed by atoms with Gasteiger partial charge in [0.15, 0.2) is 0 Å². The quantitative estimate of drug-likeness (QED) is 0.159. The van der Waals surface area contributed by atoms with Crippen molar-refractivity contribution in [3.8, 4) is 75.1 Å². The molecule has 2 aromatic heterocycles. The number of para-hydroxylation sites is 2. The number of hydrogen-bond donors (Lipinski definition) is 0. The summed E-state index contributed by atoms with van der Waals surface area (Å²) in [6, 6.07) is 49.4. The van der Waals surface area contributed by atoms with Gasteiger partial charge in [-0.25, -0.2) is 0 Å². The van der Waals surface area contributed by atoms with Crippen molar-refractivity contribution in [2.75, 3.05) is 0 Å². The van der Waals surface area contributed by atoms with Crippen LogP contribution in [-0.2, 0) is 12.4 Å². The third-order valence-electron chi connectivity index (χ3n) is 12.2. The molecule has 0 saturated carbocycles. The van der Waals surface area contributed by atoms with Crippen LogP contribution in [0.3, 0.4) is 0 Å². The zero-order valence-electron chi connectivity index (χ0n) is 34.8. The van der Waals surface area contributed by atoms with Crippen LogP contribution in [-0.4, -0.2) is 9.13 Å². The van der Waals surface area contributed by atoms with E-state index in [4.69, 9.17) is 0 Å². The third kappa shape index (κ3) is 6.81. The number of hydrogen-bond acceptors (Lipinski definition) is 5. The van der Waals surface area contributed by atoms with Crippen molar-refractivity contribution >= 4 is 43.6 Å². The first-order valence-electron chi connectivity index (χ1n) is 20.6. The lowest BCUT2D eigenvalue weighted by molar-refractivity contribution is -0.142. The summed E-state index contributed by atoms with van der Waals surface area (Å²) in [5.41, 5.74) is 1.49. The highest BCUT2D eigenvalue weighted by Crippen LogP contribution is 2.46. The SMILES string of the molecule is N#Cc1ccc(-c2ccc3c4ccccc4n(-c4cc(-c5ccc(C(F)(F)F)cc5C(F)(F)F)cc(-n5c6ccccc6c6ccc(-c7ccc(C#N)cc7C#N)cc65)c4C#N)c3c2)c(C#N)c1. The Morgan fingerprint density at radius 2 is 0.824 bits per heavy atom. The number of benzene rings is 8. The molecule has 322 valence electrons. The van der Waals surface area contributed by atoms with Gasteiger partial charge in [0, 0.05) is 21.5 Å². The standard InChI is InChI=1S/C55H25F6N7/c56-54(57,58)38-13-18-41(47(25-38)55(59,60)61)35-23-52(67-48-7-3-1-5-42(48)44-16-11-33(21-50(44)67)39-14-9-31(26-62)19-36(39)28-64)46(30-66)53(24-35)68-49-8-4-2-6-43(49)45-17-12-34(22-51(45)68)40-15-10-32(27-63)20-37(40)29-65/h1-25H. The largest absolute Gasteiger partial charge is 0.417 e. The fourth-order valence-electron chi connectivity index (χ4n) is 9.15. The predicted octanol–water partition coefficient (Wildman–Crippen LogP) is 14.3. The van der Waals surface area contributed by atoms with E-state index in [1.54, 1.807) is 94.1 Å². The molecule has 13 heteroatoms. The molecule has 0 aliphatic carbocycles. The number of rotatable bonds is 5. The monoisotopic (exact) mass is 897 g/mol. The van der Waals surface area contributed by atoms with E-state index < -0.39 is 29.0 Å². The van der Waals surface area contributed by atoms with E-state index in [0.717, 1.165) is 6.07 Å². The molecule has 0 aliphatic heterocycles. The van der Waals surface area contributed by atoms with Gasteiger partial charge in [-0.15, -0.1) is 0 Å². The molecule has 0 aliphatic rings. The number of nitrogens with zero attached hydrogens (tertiary/aromatic N) is 7. The van der Waals surface area contributed by atoms with Crippen LogP contribution in [0.1, 0.15) is 38.9 Å². The van der Waals surface area contributed by atoms with Crippen molar-refractivity contribution in [2.24, 2.45) is 0 Å². The Morgan fingerprint density at radius 1 is 0.368 bits per heavy atom. The van der Waals surface area contributed by atoms with E-state index in [1.807, 2.05) is 36.4 Å². The molecule has 0 fully saturated rings. The maximum atomic E-state index is 15.1. The van der Waals surface area contributed by atoms with Crippen molar-refractivity contribution in [3.05, 3.63) is 191 Å². The van der Waals surface area contributed by atoms with Crippen molar-refractivity contribution < 1.29 is 26.3 Å². The number of aromatic nitrogens is 2. The van der Waals surface area contributed by atoms with Gasteiger partial charge in [-0.1, -0.05) is 78.9 Å².